The third-order valence-electron chi connectivity index (χ3n) is 6.71. The van der Waals surface area contributed by atoms with Crippen molar-refractivity contribution in [3.8, 4) is 22.4 Å². The average molecular weight is 447 g/mol. The second-order valence-corrected chi connectivity index (χ2v) is 8.70. The summed E-state index contributed by atoms with van der Waals surface area (Å²) in [4.78, 5) is 8.05. The lowest BCUT2D eigenvalue weighted by molar-refractivity contribution is 0.669. The Bertz CT molecular complexity index is 1970. The molecule has 3 nitrogen and oxygen atoms in total. The van der Waals surface area contributed by atoms with E-state index in [-0.39, 0.29) is 0 Å². The van der Waals surface area contributed by atoms with Crippen molar-refractivity contribution in [2.45, 2.75) is 0 Å². The first-order chi connectivity index (χ1) is 17.3. The quantitative estimate of drug-likeness (QED) is 0.248. The molecule has 0 atom stereocenters. The van der Waals surface area contributed by atoms with E-state index in [1.807, 2.05) is 18.2 Å². The van der Waals surface area contributed by atoms with E-state index in [1.54, 1.807) is 12.3 Å². The molecule has 0 aliphatic carbocycles. The van der Waals surface area contributed by atoms with E-state index in [1.165, 1.54) is 21.5 Å². The summed E-state index contributed by atoms with van der Waals surface area (Å²) in [6.07, 6.45) is 1.69. The number of nitrogens with zero attached hydrogens (tertiary/aromatic N) is 2. The highest BCUT2D eigenvalue weighted by Gasteiger charge is 2.17. The van der Waals surface area contributed by atoms with Gasteiger partial charge in [-0.2, -0.15) is 0 Å². The van der Waals surface area contributed by atoms with Gasteiger partial charge in [-0.05, 0) is 68.6 Å². The van der Waals surface area contributed by atoms with Gasteiger partial charge < -0.3 is 4.42 Å². The molecule has 3 heteroatoms. The summed E-state index contributed by atoms with van der Waals surface area (Å²) in [6, 6.07) is 35.3. The summed E-state index contributed by atoms with van der Waals surface area (Å²) in [5.74, 6) is 0. The lowest BCUT2D eigenvalue weighted by Gasteiger charge is -2.10. The van der Waals surface area contributed by atoms with Gasteiger partial charge in [-0.25, -0.2) is 4.85 Å². The van der Waals surface area contributed by atoms with Crippen molar-refractivity contribution in [1.82, 2.24) is 4.98 Å². The fourth-order valence-corrected chi connectivity index (χ4v) is 5.13. The Morgan fingerprint density at radius 2 is 1.40 bits per heavy atom. The van der Waals surface area contributed by atoms with E-state index >= 15 is 0 Å². The molecule has 162 valence electrons. The Hall–Kier alpha value is -4.94. The minimum atomic E-state index is 0.585. The molecule has 0 bridgehead atoms. The molecular formula is C32H18N2O. The van der Waals surface area contributed by atoms with E-state index in [9.17, 15) is 0 Å². The molecule has 2 heterocycles. The SMILES string of the molecule is [C-]#[N+]c1ccnc(-c2cccc(-c3cc4oc5ccc6ccccc6c5c4c4ccccc34)c2)c1. The van der Waals surface area contributed by atoms with Gasteiger partial charge in [-0.3, -0.25) is 4.98 Å². The molecule has 0 saturated carbocycles. The molecule has 0 N–H and O–H groups in total. The number of fused-ring (bicyclic) bond motifs is 7. The fraction of sp³-hybridized carbons (Fsp3) is 0. The van der Waals surface area contributed by atoms with Crippen LogP contribution in [0.2, 0.25) is 0 Å². The first kappa shape index (κ1) is 19.5. The Kier molecular flexibility index (Phi) is 4.21. The summed E-state index contributed by atoms with van der Waals surface area (Å²) in [6.45, 7) is 7.33. The van der Waals surface area contributed by atoms with Crippen molar-refractivity contribution in [3.05, 3.63) is 121 Å². The van der Waals surface area contributed by atoms with Crippen LogP contribution in [0.25, 0.3) is 70.7 Å². The minimum Gasteiger partial charge on any atom is -0.456 e. The predicted molar refractivity (Wildman–Crippen MR) is 144 cm³/mol. The van der Waals surface area contributed by atoms with Gasteiger partial charge in [-0.15, -0.1) is 0 Å². The molecule has 0 spiro atoms. The highest BCUT2D eigenvalue weighted by molar-refractivity contribution is 6.28. The number of pyridine rings is 1. The smallest absolute Gasteiger partial charge is 0.190 e. The van der Waals surface area contributed by atoms with Crippen molar-refractivity contribution in [2.75, 3.05) is 0 Å². The van der Waals surface area contributed by atoms with E-state index in [2.05, 4.69) is 88.7 Å². The molecule has 0 fully saturated rings. The van der Waals surface area contributed by atoms with Crippen LogP contribution in [0.3, 0.4) is 0 Å². The summed E-state index contributed by atoms with van der Waals surface area (Å²) in [5, 5.41) is 7.07. The van der Waals surface area contributed by atoms with Crippen molar-refractivity contribution in [2.24, 2.45) is 0 Å². The van der Waals surface area contributed by atoms with Gasteiger partial charge in [0.15, 0.2) is 5.69 Å². The molecule has 0 amide bonds. The van der Waals surface area contributed by atoms with Gasteiger partial charge in [0.2, 0.25) is 0 Å². The van der Waals surface area contributed by atoms with Crippen LogP contribution in [0.4, 0.5) is 5.69 Å². The summed E-state index contributed by atoms with van der Waals surface area (Å²) in [5.41, 5.74) is 6.33. The fourth-order valence-electron chi connectivity index (χ4n) is 5.13. The molecule has 0 radical (unpaired) electrons. The van der Waals surface area contributed by atoms with Gasteiger partial charge in [0.25, 0.3) is 0 Å². The highest BCUT2D eigenvalue weighted by atomic mass is 16.3. The maximum atomic E-state index is 7.33. The molecule has 7 aromatic rings. The Labute approximate surface area is 201 Å². The number of rotatable bonds is 2. The van der Waals surface area contributed by atoms with Crippen molar-refractivity contribution in [1.29, 1.82) is 0 Å². The van der Waals surface area contributed by atoms with Crippen molar-refractivity contribution in [3.63, 3.8) is 0 Å². The van der Waals surface area contributed by atoms with E-state index in [4.69, 9.17) is 11.0 Å². The number of hydrogen-bond acceptors (Lipinski definition) is 2. The summed E-state index contributed by atoms with van der Waals surface area (Å²) >= 11 is 0. The third kappa shape index (κ3) is 3.01. The first-order valence-corrected chi connectivity index (χ1v) is 11.5. The molecule has 35 heavy (non-hydrogen) atoms. The largest absolute Gasteiger partial charge is 0.456 e. The minimum absolute atomic E-state index is 0.585. The van der Waals surface area contributed by atoms with E-state index in [0.29, 0.717) is 5.69 Å². The first-order valence-electron chi connectivity index (χ1n) is 11.5. The second-order valence-electron chi connectivity index (χ2n) is 8.70. The van der Waals surface area contributed by atoms with E-state index < -0.39 is 0 Å². The molecule has 0 unspecified atom stereocenters. The lowest BCUT2D eigenvalue weighted by Crippen LogP contribution is -1.86. The third-order valence-corrected chi connectivity index (χ3v) is 6.71. The Balaban J connectivity index is 1.53. The molecular weight excluding hydrogens is 428 g/mol. The van der Waals surface area contributed by atoms with Crippen LogP contribution in [0.1, 0.15) is 0 Å². The van der Waals surface area contributed by atoms with Crippen LogP contribution in [-0.4, -0.2) is 4.98 Å². The molecule has 2 aromatic heterocycles. The highest BCUT2D eigenvalue weighted by Crippen LogP contribution is 2.42. The maximum Gasteiger partial charge on any atom is 0.190 e. The van der Waals surface area contributed by atoms with Crippen molar-refractivity contribution >= 4 is 49.2 Å². The zero-order chi connectivity index (χ0) is 23.4. The number of benzene rings is 5. The van der Waals surface area contributed by atoms with Gasteiger partial charge in [0, 0.05) is 17.0 Å². The zero-order valence-corrected chi connectivity index (χ0v) is 18.7. The van der Waals surface area contributed by atoms with Crippen LogP contribution in [-0.2, 0) is 0 Å². The molecule has 7 rings (SSSR count). The average Bonchev–Trinajstić information content (AvgIpc) is 3.32. The monoisotopic (exact) mass is 446 g/mol. The van der Waals surface area contributed by atoms with Gasteiger partial charge in [0.05, 0.1) is 12.3 Å². The van der Waals surface area contributed by atoms with E-state index in [0.717, 1.165) is 44.3 Å². The van der Waals surface area contributed by atoms with Crippen LogP contribution in [0.5, 0.6) is 0 Å². The van der Waals surface area contributed by atoms with Crippen LogP contribution in [0.15, 0.2) is 114 Å². The second kappa shape index (κ2) is 7.55. The van der Waals surface area contributed by atoms with Crippen LogP contribution >= 0.6 is 0 Å². The van der Waals surface area contributed by atoms with Crippen LogP contribution < -0.4 is 0 Å². The molecule has 0 aliphatic heterocycles. The summed E-state index contributed by atoms with van der Waals surface area (Å²) in [7, 11) is 0. The zero-order valence-electron chi connectivity index (χ0n) is 18.7. The number of aromatic nitrogens is 1. The molecule has 0 saturated heterocycles. The Morgan fingerprint density at radius 3 is 2.29 bits per heavy atom. The normalized spacial score (nSPS) is 11.4. The molecule has 0 aliphatic rings. The topological polar surface area (TPSA) is 30.4 Å². The van der Waals surface area contributed by atoms with Gasteiger partial charge in [-0.1, -0.05) is 72.8 Å². The predicted octanol–water partition coefficient (Wildman–Crippen LogP) is 9.17. The van der Waals surface area contributed by atoms with Gasteiger partial charge in [0.1, 0.15) is 11.2 Å². The number of furan rings is 1. The van der Waals surface area contributed by atoms with Crippen LogP contribution in [0, 0.1) is 6.57 Å². The number of hydrogen-bond donors (Lipinski definition) is 0. The molecule has 5 aromatic carbocycles. The maximum absolute atomic E-state index is 7.33. The van der Waals surface area contributed by atoms with Gasteiger partial charge >= 0.3 is 0 Å². The standard InChI is InChI=1S/C32H18N2O/c1-33-23-15-16-34-28(18-23)22-9-6-8-21(17-22)27-19-30-32(26-12-5-4-11-25(26)27)31-24-10-3-2-7-20(24)13-14-29(31)35-30/h2-19H. The lowest BCUT2D eigenvalue weighted by atomic mass is 9.93. The Morgan fingerprint density at radius 1 is 0.629 bits per heavy atom. The summed E-state index contributed by atoms with van der Waals surface area (Å²) < 4.78 is 6.43. The van der Waals surface area contributed by atoms with Crippen molar-refractivity contribution < 1.29 is 4.42 Å².